The van der Waals surface area contributed by atoms with Crippen molar-refractivity contribution in [3.05, 3.63) is 70.7 Å². The summed E-state index contributed by atoms with van der Waals surface area (Å²) in [6.45, 7) is 1.95. The molecule has 154 valence electrons. The average Bonchev–Trinajstić information content (AvgIpc) is 3.25. The van der Waals surface area contributed by atoms with Gasteiger partial charge in [0, 0.05) is 34.9 Å². The van der Waals surface area contributed by atoms with Gasteiger partial charge in [-0.15, -0.1) is 0 Å². The molecule has 1 saturated heterocycles. The third-order valence-electron chi connectivity index (χ3n) is 6.20. The number of nitrogens with zero attached hydrogens (tertiary/aromatic N) is 2. The highest BCUT2D eigenvalue weighted by atomic mass is 35.5. The van der Waals surface area contributed by atoms with Crippen molar-refractivity contribution in [3.63, 3.8) is 0 Å². The second kappa shape index (κ2) is 7.13. The van der Waals surface area contributed by atoms with Crippen molar-refractivity contribution in [1.82, 2.24) is 5.16 Å². The van der Waals surface area contributed by atoms with E-state index in [-0.39, 0.29) is 5.78 Å². The van der Waals surface area contributed by atoms with Crippen LogP contribution in [0.25, 0.3) is 22.2 Å². The van der Waals surface area contributed by atoms with Gasteiger partial charge >= 0.3 is 0 Å². The van der Waals surface area contributed by atoms with E-state index in [0.29, 0.717) is 21.9 Å². The lowest BCUT2D eigenvalue weighted by Gasteiger charge is -2.30. The van der Waals surface area contributed by atoms with E-state index in [0.717, 1.165) is 59.5 Å². The number of anilines is 3. The minimum absolute atomic E-state index is 0.0158. The van der Waals surface area contributed by atoms with Crippen molar-refractivity contribution in [2.24, 2.45) is 0 Å². The molecule has 6 heteroatoms. The number of nitrogens with one attached hydrogen (secondary N) is 1. The van der Waals surface area contributed by atoms with Crippen LogP contribution in [0.1, 0.15) is 35.2 Å². The zero-order valence-electron chi connectivity index (χ0n) is 16.8. The number of rotatable bonds is 3. The van der Waals surface area contributed by atoms with Crippen molar-refractivity contribution < 1.29 is 9.32 Å². The summed E-state index contributed by atoms with van der Waals surface area (Å²) in [5, 5.41) is 9.37. The summed E-state index contributed by atoms with van der Waals surface area (Å²) in [6, 6.07) is 17.1. The molecule has 0 radical (unpaired) electrons. The van der Waals surface area contributed by atoms with Gasteiger partial charge in [-0.25, -0.2) is 0 Å². The van der Waals surface area contributed by atoms with Gasteiger partial charge in [0.15, 0.2) is 11.5 Å². The monoisotopic (exact) mass is 429 g/mol. The van der Waals surface area contributed by atoms with Gasteiger partial charge in [-0.2, -0.15) is 0 Å². The zero-order chi connectivity index (χ0) is 20.9. The predicted octanol–water partition coefficient (Wildman–Crippen LogP) is 6.43. The van der Waals surface area contributed by atoms with E-state index in [2.05, 4.69) is 21.4 Å². The van der Waals surface area contributed by atoms with E-state index in [4.69, 9.17) is 16.1 Å². The van der Waals surface area contributed by atoms with Gasteiger partial charge in [-0.1, -0.05) is 41.0 Å². The molecule has 4 aromatic rings. The van der Waals surface area contributed by atoms with Gasteiger partial charge in [0.05, 0.1) is 22.3 Å². The Morgan fingerprint density at radius 1 is 0.968 bits per heavy atom. The Kier molecular flexibility index (Phi) is 4.25. The number of carbonyl (C=O) groups excluding carboxylic acids is 1. The Bertz CT molecular complexity index is 1320. The maximum absolute atomic E-state index is 13.6. The van der Waals surface area contributed by atoms with E-state index in [1.807, 2.05) is 48.5 Å². The van der Waals surface area contributed by atoms with E-state index in [1.165, 1.54) is 6.42 Å². The number of piperidine rings is 1. The minimum Gasteiger partial charge on any atom is -0.370 e. The Hall–Kier alpha value is -3.31. The fraction of sp³-hybridized carbons (Fsp3) is 0.200. The maximum atomic E-state index is 13.6. The van der Waals surface area contributed by atoms with Crippen molar-refractivity contribution >= 4 is 45.3 Å². The molecule has 0 saturated carbocycles. The summed E-state index contributed by atoms with van der Waals surface area (Å²) < 4.78 is 5.85. The van der Waals surface area contributed by atoms with Crippen LogP contribution in [0.2, 0.25) is 5.02 Å². The number of ketones is 1. The van der Waals surface area contributed by atoms with Gasteiger partial charge in [-0.05, 0) is 49.6 Å². The fourth-order valence-electron chi connectivity index (χ4n) is 4.71. The van der Waals surface area contributed by atoms with Crippen LogP contribution in [-0.4, -0.2) is 24.0 Å². The summed E-state index contributed by atoms with van der Waals surface area (Å²) in [7, 11) is 0. The summed E-state index contributed by atoms with van der Waals surface area (Å²) in [5.74, 6) is 0.649. The fourth-order valence-corrected chi connectivity index (χ4v) is 4.83. The van der Waals surface area contributed by atoms with Crippen molar-refractivity contribution in [1.29, 1.82) is 0 Å². The van der Waals surface area contributed by atoms with Crippen LogP contribution < -0.4 is 10.2 Å². The third kappa shape index (κ3) is 2.92. The van der Waals surface area contributed by atoms with E-state index in [1.54, 1.807) is 0 Å². The Labute approximate surface area is 184 Å². The van der Waals surface area contributed by atoms with Crippen molar-refractivity contribution in [3.8, 4) is 11.3 Å². The predicted molar refractivity (Wildman–Crippen MR) is 124 cm³/mol. The van der Waals surface area contributed by atoms with Crippen LogP contribution in [-0.2, 0) is 0 Å². The lowest BCUT2D eigenvalue weighted by molar-refractivity contribution is 0.104. The molecule has 2 aliphatic rings. The van der Waals surface area contributed by atoms with Gasteiger partial charge < -0.3 is 14.7 Å². The lowest BCUT2D eigenvalue weighted by Crippen LogP contribution is -2.29. The molecule has 1 aliphatic carbocycles. The van der Waals surface area contributed by atoms with Crippen LogP contribution in [0.15, 0.2) is 59.1 Å². The molecule has 1 N–H and O–H groups in total. The number of halogens is 1. The molecule has 0 spiro atoms. The van der Waals surface area contributed by atoms with Crippen LogP contribution >= 0.6 is 11.6 Å². The molecule has 0 unspecified atom stereocenters. The molecular formula is C25H20ClN3O2. The first-order valence-electron chi connectivity index (χ1n) is 10.6. The standard InChI is InChI=1S/C25H20ClN3O2/c26-15-8-10-16(11-9-15)27-19-14-20(29-12-4-1-5-13-29)23-22-21(19)24(30)17-6-2-3-7-18(17)25(22)31-28-23/h2-3,6-11,14,27H,1,4-5,12-13H2. The normalized spacial score (nSPS) is 15.3. The SMILES string of the molecule is O=C1c2ccccc2-c2onc3c(N4CCCCC4)cc(Nc4ccc(Cl)cc4)c1c23. The molecule has 31 heavy (non-hydrogen) atoms. The second-order valence-corrected chi connectivity index (χ2v) is 8.54. The second-order valence-electron chi connectivity index (χ2n) is 8.11. The highest BCUT2D eigenvalue weighted by molar-refractivity contribution is 6.30. The highest BCUT2D eigenvalue weighted by Crippen LogP contribution is 2.46. The molecule has 1 aliphatic heterocycles. The van der Waals surface area contributed by atoms with Crippen LogP contribution in [0.5, 0.6) is 0 Å². The van der Waals surface area contributed by atoms with Gasteiger partial charge in [0.25, 0.3) is 0 Å². The molecule has 0 bridgehead atoms. The van der Waals surface area contributed by atoms with Gasteiger partial charge in [0.1, 0.15) is 5.52 Å². The smallest absolute Gasteiger partial charge is 0.196 e. The topological polar surface area (TPSA) is 58.4 Å². The lowest BCUT2D eigenvalue weighted by atomic mass is 9.86. The molecule has 2 heterocycles. The zero-order valence-corrected chi connectivity index (χ0v) is 17.6. The molecular weight excluding hydrogens is 410 g/mol. The quantitative estimate of drug-likeness (QED) is 0.358. The number of aromatic nitrogens is 1. The Balaban J connectivity index is 1.61. The molecule has 3 aromatic carbocycles. The summed E-state index contributed by atoms with van der Waals surface area (Å²) in [5.41, 5.74) is 5.46. The number of hydrogen-bond donors (Lipinski definition) is 1. The number of benzene rings is 3. The Morgan fingerprint density at radius 3 is 2.48 bits per heavy atom. The van der Waals surface area contributed by atoms with E-state index < -0.39 is 0 Å². The van der Waals surface area contributed by atoms with E-state index >= 15 is 0 Å². The molecule has 0 atom stereocenters. The van der Waals surface area contributed by atoms with Gasteiger partial charge in [0.2, 0.25) is 0 Å². The molecule has 5 nitrogen and oxygen atoms in total. The largest absolute Gasteiger partial charge is 0.370 e. The van der Waals surface area contributed by atoms with Crippen LogP contribution in [0.4, 0.5) is 17.1 Å². The van der Waals surface area contributed by atoms with Gasteiger partial charge in [-0.3, -0.25) is 4.79 Å². The van der Waals surface area contributed by atoms with Crippen molar-refractivity contribution in [2.75, 3.05) is 23.3 Å². The Morgan fingerprint density at radius 2 is 1.71 bits per heavy atom. The summed E-state index contributed by atoms with van der Waals surface area (Å²) in [6.07, 6.45) is 3.54. The number of carbonyl (C=O) groups is 1. The van der Waals surface area contributed by atoms with Crippen LogP contribution in [0, 0.1) is 0 Å². The molecule has 1 fully saturated rings. The molecule has 0 amide bonds. The van der Waals surface area contributed by atoms with Crippen molar-refractivity contribution in [2.45, 2.75) is 19.3 Å². The first-order valence-corrected chi connectivity index (χ1v) is 11.0. The molecule has 1 aromatic heterocycles. The highest BCUT2D eigenvalue weighted by Gasteiger charge is 2.33. The van der Waals surface area contributed by atoms with Crippen LogP contribution in [0.3, 0.4) is 0 Å². The third-order valence-corrected chi connectivity index (χ3v) is 6.45. The minimum atomic E-state index is -0.0158. The number of fused-ring (bicyclic) bond motifs is 2. The average molecular weight is 430 g/mol. The molecule has 6 rings (SSSR count). The first-order chi connectivity index (χ1) is 15.2. The summed E-state index contributed by atoms with van der Waals surface area (Å²) in [4.78, 5) is 16.0. The first kappa shape index (κ1) is 18.5. The van der Waals surface area contributed by atoms with E-state index in [9.17, 15) is 4.79 Å². The number of hydrogen-bond acceptors (Lipinski definition) is 5. The summed E-state index contributed by atoms with van der Waals surface area (Å²) >= 11 is 6.06. The maximum Gasteiger partial charge on any atom is 0.196 e.